The van der Waals surface area contributed by atoms with E-state index in [0.717, 1.165) is 38.8 Å². The minimum Gasteiger partial charge on any atom is -0.354 e. The molecule has 0 aromatic carbocycles. The summed E-state index contributed by atoms with van der Waals surface area (Å²) in [5, 5.41) is 0. The Morgan fingerprint density at radius 2 is 1.65 bits per heavy atom. The van der Waals surface area contributed by atoms with Gasteiger partial charge < -0.3 is 9.80 Å². The number of sulfone groups is 1. The Morgan fingerprint density at radius 1 is 1.04 bits per heavy atom. The van der Waals surface area contributed by atoms with Gasteiger partial charge in [-0.2, -0.15) is 9.37 Å². The molecule has 0 radical (unpaired) electrons. The second kappa shape index (κ2) is 7.72. The van der Waals surface area contributed by atoms with E-state index >= 15 is 0 Å². The van der Waals surface area contributed by atoms with Crippen LogP contribution in [0.1, 0.15) is 32.6 Å². The Hall–Kier alpha value is -1.35. The zero-order valence-electron chi connectivity index (χ0n) is 14.8. The van der Waals surface area contributed by atoms with Gasteiger partial charge in [-0.15, -0.1) is 0 Å². The number of nitrogens with zero attached hydrogens (tertiary/aromatic N) is 3. The van der Waals surface area contributed by atoms with Crippen molar-refractivity contribution >= 4 is 15.7 Å². The molecule has 0 amide bonds. The summed E-state index contributed by atoms with van der Waals surface area (Å²) in [6, 6.07) is 0. The minimum atomic E-state index is -4.31. The van der Waals surface area contributed by atoms with Crippen molar-refractivity contribution in [2.24, 2.45) is 5.92 Å². The monoisotopic (exact) mass is 391 g/mol. The molecule has 2 aliphatic heterocycles. The van der Waals surface area contributed by atoms with Crippen molar-refractivity contribution in [2.75, 3.05) is 43.4 Å². The summed E-state index contributed by atoms with van der Waals surface area (Å²) in [6.45, 7) is 4.72. The predicted molar refractivity (Wildman–Crippen MR) is 92.4 cm³/mol. The van der Waals surface area contributed by atoms with E-state index in [1.807, 2.05) is 4.90 Å². The molecule has 3 rings (SSSR count). The minimum absolute atomic E-state index is 0.178. The number of hydrogen-bond donors (Lipinski definition) is 0. The molecule has 26 heavy (non-hydrogen) atoms. The van der Waals surface area contributed by atoms with Crippen LogP contribution in [0.15, 0.2) is 4.90 Å². The van der Waals surface area contributed by atoms with Gasteiger partial charge in [0.2, 0.25) is 0 Å². The number of piperidine rings is 1. The Kier molecular flexibility index (Phi) is 5.76. The lowest BCUT2D eigenvalue weighted by atomic mass is 9.99. The smallest absolute Gasteiger partial charge is 0.252 e. The van der Waals surface area contributed by atoms with Crippen LogP contribution in [0.5, 0.6) is 0 Å². The molecular weight excluding hydrogens is 367 g/mol. The largest absolute Gasteiger partial charge is 0.354 e. The third kappa shape index (κ3) is 3.98. The molecule has 1 aromatic heterocycles. The number of rotatable bonds is 5. The number of aromatic nitrogens is 1. The molecule has 0 aliphatic carbocycles. The van der Waals surface area contributed by atoms with E-state index in [-0.39, 0.29) is 6.54 Å². The number of halogens is 3. The van der Waals surface area contributed by atoms with Crippen LogP contribution in [0, 0.1) is 23.5 Å². The molecule has 1 aromatic rings. The van der Waals surface area contributed by atoms with Crippen molar-refractivity contribution in [3.05, 3.63) is 17.6 Å². The highest BCUT2D eigenvalue weighted by molar-refractivity contribution is 7.91. The zero-order valence-corrected chi connectivity index (χ0v) is 15.7. The summed E-state index contributed by atoms with van der Waals surface area (Å²) in [7, 11) is -4.31. The Bertz CT molecular complexity index is 759. The van der Waals surface area contributed by atoms with E-state index in [4.69, 9.17) is 0 Å². The van der Waals surface area contributed by atoms with Crippen LogP contribution >= 0.6 is 0 Å². The summed E-state index contributed by atoms with van der Waals surface area (Å²) in [6.07, 6.45) is 3.47. The van der Waals surface area contributed by atoms with Crippen LogP contribution in [-0.2, 0) is 9.84 Å². The molecule has 0 bridgehead atoms. The fourth-order valence-electron chi connectivity index (χ4n) is 3.53. The van der Waals surface area contributed by atoms with E-state index in [1.54, 1.807) is 0 Å². The average molecular weight is 391 g/mol. The number of anilines is 1. The van der Waals surface area contributed by atoms with Gasteiger partial charge in [-0.3, -0.25) is 0 Å². The summed E-state index contributed by atoms with van der Waals surface area (Å²) in [5.74, 6) is -4.84. The maximum atomic E-state index is 14.8. The van der Waals surface area contributed by atoms with Crippen molar-refractivity contribution in [3.63, 3.8) is 0 Å². The van der Waals surface area contributed by atoms with Crippen molar-refractivity contribution in [2.45, 2.75) is 37.5 Å². The van der Waals surface area contributed by atoms with Crippen LogP contribution in [0.2, 0.25) is 0 Å². The summed E-state index contributed by atoms with van der Waals surface area (Å²) in [4.78, 5) is 5.56. The third-order valence-electron chi connectivity index (χ3n) is 5.25. The highest BCUT2D eigenvalue weighted by Crippen LogP contribution is 2.30. The third-order valence-corrected chi connectivity index (χ3v) is 6.95. The predicted octanol–water partition coefficient (Wildman–Crippen LogP) is 2.60. The molecule has 3 heterocycles. The van der Waals surface area contributed by atoms with E-state index in [2.05, 4.69) is 11.9 Å². The second-order valence-electron chi connectivity index (χ2n) is 7.22. The van der Waals surface area contributed by atoms with Gasteiger partial charge in [0.15, 0.2) is 27.3 Å². The average Bonchev–Trinajstić information content (AvgIpc) is 3.12. The lowest BCUT2D eigenvalue weighted by molar-refractivity contribution is 0.202. The summed E-state index contributed by atoms with van der Waals surface area (Å²) < 4.78 is 68.0. The number of pyridine rings is 1. The highest BCUT2D eigenvalue weighted by atomic mass is 32.2. The van der Waals surface area contributed by atoms with Gasteiger partial charge in [-0.25, -0.2) is 17.2 Å². The first-order valence-electron chi connectivity index (χ1n) is 9.04. The quantitative estimate of drug-likeness (QED) is 0.723. The van der Waals surface area contributed by atoms with Crippen molar-refractivity contribution in [1.29, 1.82) is 0 Å². The van der Waals surface area contributed by atoms with Crippen molar-refractivity contribution in [3.8, 4) is 0 Å². The number of hydrogen-bond acceptors (Lipinski definition) is 5. The molecule has 0 spiro atoms. The first-order valence-corrected chi connectivity index (χ1v) is 10.7. The molecule has 2 saturated heterocycles. The lowest BCUT2D eigenvalue weighted by Gasteiger charge is -2.30. The van der Waals surface area contributed by atoms with Gasteiger partial charge >= 0.3 is 0 Å². The zero-order chi connectivity index (χ0) is 18.9. The molecule has 146 valence electrons. The summed E-state index contributed by atoms with van der Waals surface area (Å²) in [5.41, 5.74) is 0. The fourth-order valence-corrected chi connectivity index (χ4v) is 4.96. The molecule has 9 heteroatoms. The van der Waals surface area contributed by atoms with E-state index in [1.165, 1.54) is 4.90 Å². The lowest BCUT2D eigenvalue weighted by Crippen LogP contribution is -2.36. The fraction of sp³-hybridized carbons (Fsp3) is 0.706. The van der Waals surface area contributed by atoms with Gasteiger partial charge in [-0.05, 0) is 44.7 Å². The maximum absolute atomic E-state index is 14.8. The van der Waals surface area contributed by atoms with Crippen LogP contribution in [-0.4, -0.2) is 56.8 Å². The number of likely N-dealkylation sites (tertiary alicyclic amines) is 1. The standard InChI is InChI=1S/C17H24F3N3O2S/c1-12-4-8-22(9-5-12)10-11-26(24,25)15-13(18)16(20)21-17(14(15)19)23-6-2-3-7-23/h12H,2-11H2,1H3. The van der Waals surface area contributed by atoms with Gasteiger partial charge in [0.25, 0.3) is 5.95 Å². The van der Waals surface area contributed by atoms with Gasteiger partial charge in [0.1, 0.15) is 4.90 Å². The molecule has 0 N–H and O–H groups in total. The summed E-state index contributed by atoms with van der Waals surface area (Å²) >= 11 is 0. The maximum Gasteiger partial charge on any atom is 0.252 e. The normalized spacial score (nSPS) is 20.1. The van der Waals surface area contributed by atoms with Crippen LogP contribution < -0.4 is 4.90 Å². The van der Waals surface area contributed by atoms with Crippen LogP contribution in [0.3, 0.4) is 0 Å². The molecular formula is C17H24F3N3O2S. The molecule has 0 unspecified atom stereocenters. The van der Waals surface area contributed by atoms with Crippen LogP contribution in [0.4, 0.5) is 19.0 Å². The Morgan fingerprint density at radius 3 is 2.27 bits per heavy atom. The SMILES string of the molecule is CC1CCN(CCS(=O)(=O)c2c(F)c(F)nc(N3CCCC3)c2F)CC1. The first-order chi connectivity index (χ1) is 12.3. The molecule has 2 fully saturated rings. The van der Waals surface area contributed by atoms with Crippen molar-refractivity contribution in [1.82, 2.24) is 9.88 Å². The van der Waals surface area contributed by atoms with E-state index < -0.39 is 43.9 Å². The first kappa shape index (κ1) is 19.4. The Balaban J connectivity index is 1.84. The van der Waals surface area contributed by atoms with Gasteiger partial charge in [0, 0.05) is 19.6 Å². The van der Waals surface area contributed by atoms with E-state index in [9.17, 15) is 21.6 Å². The molecule has 0 atom stereocenters. The Labute approximate surface area is 152 Å². The van der Waals surface area contributed by atoms with Gasteiger partial charge in [-0.1, -0.05) is 6.92 Å². The van der Waals surface area contributed by atoms with Gasteiger partial charge in [0.05, 0.1) is 5.75 Å². The van der Waals surface area contributed by atoms with Crippen molar-refractivity contribution < 1.29 is 21.6 Å². The van der Waals surface area contributed by atoms with Crippen LogP contribution in [0.25, 0.3) is 0 Å². The molecule has 5 nitrogen and oxygen atoms in total. The van der Waals surface area contributed by atoms with E-state index in [0.29, 0.717) is 19.0 Å². The molecule has 2 aliphatic rings. The second-order valence-corrected chi connectivity index (χ2v) is 9.27. The molecule has 0 saturated carbocycles. The topological polar surface area (TPSA) is 53.5 Å². The highest BCUT2D eigenvalue weighted by Gasteiger charge is 2.33.